The molecule has 0 spiro atoms. The van der Waals surface area contributed by atoms with Gasteiger partial charge in [0.1, 0.15) is 0 Å². The van der Waals surface area contributed by atoms with E-state index in [1.807, 2.05) is 18.2 Å². The highest BCUT2D eigenvalue weighted by Gasteiger charge is 2.03. The van der Waals surface area contributed by atoms with E-state index in [9.17, 15) is 0 Å². The van der Waals surface area contributed by atoms with E-state index in [1.165, 1.54) is 0 Å². The van der Waals surface area contributed by atoms with Gasteiger partial charge in [0.2, 0.25) is 0 Å². The molecule has 0 unspecified atom stereocenters. The summed E-state index contributed by atoms with van der Waals surface area (Å²) in [6.07, 6.45) is 1.12. The third-order valence-electron chi connectivity index (χ3n) is 2.32. The van der Waals surface area contributed by atoms with Crippen LogP contribution < -0.4 is 5.32 Å². The van der Waals surface area contributed by atoms with Crippen LogP contribution in [0, 0.1) is 0 Å². The van der Waals surface area contributed by atoms with Crippen LogP contribution in [0.3, 0.4) is 0 Å². The summed E-state index contributed by atoms with van der Waals surface area (Å²) in [6.45, 7) is 2.79. The molecular weight excluding hydrogens is 314 g/mol. The van der Waals surface area contributed by atoms with Crippen LogP contribution in [-0.4, -0.2) is 32.1 Å². The molecule has 18 heavy (non-hydrogen) atoms. The molecule has 6 heteroatoms. The molecule has 1 aromatic rings. The Morgan fingerprint density at radius 1 is 1.11 bits per heavy atom. The Bertz CT molecular complexity index is 312. The van der Waals surface area contributed by atoms with Crippen LogP contribution in [-0.2, 0) is 6.54 Å². The van der Waals surface area contributed by atoms with Crippen LogP contribution in [0.25, 0.3) is 0 Å². The number of nitrogens with zero attached hydrogens (tertiary/aromatic N) is 1. The van der Waals surface area contributed by atoms with E-state index in [0.717, 1.165) is 41.7 Å². The molecule has 0 saturated heterocycles. The monoisotopic (exact) mass is 332 g/mol. The molecule has 1 N–H and O–H groups in total. The van der Waals surface area contributed by atoms with E-state index < -0.39 is 0 Å². The van der Waals surface area contributed by atoms with Gasteiger partial charge in [0.25, 0.3) is 0 Å². The molecule has 0 bridgehead atoms. The second-order valence-corrected chi connectivity index (χ2v) is 4.85. The van der Waals surface area contributed by atoms with Gasteiger partial charge in [-0.1, -0.05) is 29.3 Å². The Kier molecular flexibility index (Phi) is 12.8. The molecule has 106 valence electrons. The molecule has 0 amide bonds. The van der Waals surface area contributed by atoms with Gasteiger partial charge in [0.05, 0.1) is 0 Å². The lowest BCUT2D eigenvalue weighted by molar-refractivity contribution is 0.394. The second-order valence-electron chi connectivity index (χ2n) is 4.03. The van der Waals surface area contributed by atoms with E-state index in [2.05, 4.69) is 24.3 Å². The lowest BCUT2D eigenvalue weighted by Gasteiger charge is -2.11. The highest BCUT2D eigenvalue weighted by Crippen LogP contribution is 2.23. The van der Waals surface area contributed by atoms with Crippen LogP contribution in [0.15, 0.2) is 18.2 Å². The number of rotatable bonds is 6. The van der Waals surface area contributed by atoms with Gasteiger partial charge in [0.15, 0.2) is 0 Å². The number of hydrogen-bond acceptors (Lipinski definition) is 2. The minimum Gasteiger partial charge on any atom is -0.313 e. The topological polar surface area (TPSA) is 15.3 Å². The number of nitrogens with one attached hydrogen (secondary N) is 1. The van der Waals surface area contributed by atoms with Crippen molar-refractivity contribution in [3.63, 3.8) is 0 Å². The molecule has 0 aliphatic carbocycles. The first kappa shape index (κ1) is 20.6. The van der Waals surface area contributed by atoms with Crippen LogP contribution >= 0.6 is 48.0 Å². The van der Waals surface area contributed by atoms with E-state index in [0.29, 0.717) is 0 Å². The van der Waals surface area contributed by atoms with Crippen molar-refractivity contribution < 1.29 is 0 Å². The van der Waals surface area contributed by atoms with E-state index in [1.54, 1.807) is 0 Å². The van der Waals surface area contributed by atoms with Crippen LogP contribution in [0.5, 0.6) is 0 Å². The highest BCUT2D eigenvalue weighted by atomic mass is 35.5. The Labute approximate surface area is 132 Å². The zero-order valence-corrected chi connectivity index (χ0v) is 13.7. The summed E-state index contributed by atoms with van der Waals surface area (Å²) < 4.78 is 0. The van der Waals surface area contributed by atoms with Gasteiger partial charge in [-0.15, -0.1) is 24.8 Å². The number of benzene rings is 1. The molecule has 0 radical (unpaired) electrons. The molecule has 0 atom stereocenters. The maximum atomic E-state index is 6.06. The number of halogens is 4. The molecule has 1 rings (SSSR count). The summed E-state index contributed by atoms with van der Waals surface area (Å²) >= 11 is 12.1. The molecule has 0 heterocycles. The Morgan fingerprint density at radius 3 is 2.17 bits per heavy atom. The first-order chi connectivity index (χ1) is 7.61. The van der Waals surface area contributed by atoms with Crippen LogP contribution in [0.4, 0.5) is 0 Å². The van der Waals surface area contributed by atoms with Crippen molar-refractivity contribution in [2.75, 3.05) is 27.2 Å². The quantitative estimate of drug-likeness (QED) is 0.795. The van der Waals surface area contributed by atoms with Gasteiger partial charge in [-0.05, 0) is 45.7 Å². The van der Waals surface area contributed by atoms with Gasteiger partial charge in [-0.25, -0.2) is 0 Å². The normalized spacial score (nSPS) is 9.83. The fourth-order valence-electron chi connectivity index (χ4n) is 1.43. The molecule has 0 aliphatic heterocycles. The van der Waals surface area contributed by atoms with Gasteiger partial charge in [-0.3, -0.25) is 0 Å². The molecule has 0 aliphatic rings. The van der Waals surface area contributed by atoms with Crippen molar-refractivity contribution in [1.82, 2.24) is 10.2 Å². The van der Waals surface area contributed by atoms with Gasteiger partial charge >= 0.3 is 0 Å². The summed E-state index contributed by atoms with van der Waals surface area (Å²) in [5, 5.41) is 4.80. The SMILES string of the molecule is CN(C)CCCNCc1c(Cl)cccc1Cl.Cl.Cl. The van der Waals surface area contributed by atoms with Gasteiger partial charge in [0, 0.05) is 22.2 Å². The largest absolute Gasteiger partial charge is 0.313 e. The maximum Gasteiger partial charge on any atom is 0.0465 e. The average Bonchev–Trinajstić information content (AvgIpc) is 2.21. The molecule has 2 nitrogen and oxygen atoms in total. The fraction of sp³-hybridized carbons (Fsp3) is 0.500. The molecule has 1 aromatic carbocycles. The lowest BCUT2D eigenvalue weighted by atomic mass is 10.2. The van der Waals surface area contributed by atoms with Crippen molar-refractivity contribution >= 4 is 48.0 Å². The zero-order chi connectivity index (χ0) is 12.0. The summed E-state index contributed by atoms with van der Waals surface area (Å²) in [5.74, 6) is 0. The Morgan fingerprint density at radius 2 is 1.67 bits per heavy atom. The Balaban J connectivity index is 0. The average molecular weight is 334 g/mol. The summed E-state index contributed by atoms with van der Waals surface area (Å²) in [6, 6.07) is 5.59. The smallest absolute Gasteiger partial charge is 0.0465 e. The zero-order valence-electron chi connectivity index (χ0n) is 10.6. The maximum absolute atomic E-state index is 6.06. The van der Waals surface area contributed by atoms with E-state index >= 15 is 0 Å². The number of hydrogen-bond donors (Lipinski definition) is 1. The first-order valence-corrected chi connectivity index (χ1v) is 6.15. The molecule has 0 saturated carbocycles. The van der Waals surface area contributed by atoms with E-state index in [-0.39, 0.29) is 24.8 Å². The van der Waals surface area contributed by atoms with Crippen molar-refractivity contribution in [3.05, 3.63) is 33.8 Å². The standard InChI is InChI=1S/C12H18Cl2N2.2ClH/c1-16(2)8-4-7-15-9-10-11(13)5-3-6-12(10)14;;/h3,5-6,15H,4,7-9H2,1-2H3;2*1H. The van der Waals surface area contributed by atoms with Crippen molar-refractivity contribution in [1.29, 1.82) is 0 Å². The van der Waals surface area contributed by atoms with Gasteiger partial charge < -0.3 is 10.2 Å². The minimum atomic E-state index is 0. The summed E-state index contributed by atoms with van der Waals surface area (Å²) in [7, 11) is 4.15. The molecule has 0 fully saturated rings. The predicted octanol–water partition coefficient (Wildman–Crippen LogP) is 3.88. The molecular formula is C12H20Cl4N2. The lowest BCUT2D eigenvalue weighted by Crippen LogP contribution is -2.21. The third-order valence-corrected chi connectivity index (χ3v) is 3.03. The van der Waals surface area contributed by atoms with Gasteiger partial charge in [-0.2, -0.15) is 0 Å². The van der Waals surface area contributed by atoms with Crippen molar-refractivity contribution in [3.8, 4) is 0 Å². The summed E-state index contributed by atoms with van der Waals surface area (Å²) in [5.41, 5.74) is 0.982. The van der Waals surface area contributed by atoms with Crippen molar-refractivity contribution in [2.24, 2.45) is 0 Å². The Hall–Kier alpha value is 0.300. The fourth-order valence-corrected chi connectivity index (χ4v) is 1.97. The van der Waals surface area contributed by atoms with Crippen LogP contribution in [0.1, 0.15) is 12.0 Å². The summed E-state index contributed by atoms with van der Waals surface area (Å²) in [4.78, 5) is 2.17. The predicted molar refractivity (Wildman–Crippen MR) is 85.8 cm³/mol. The second kappa shape index (κ2) is 11.2. The van der Waals surface area contributed by atoms with E-state index in [4.69, 9.17) is 23.2 Å². The van der Waals surface area contributed by atoms with Crippen molar-refractivity contribution in [2.45, 2.75) is 13.0 Å². The van der Waals surface area contributed by atoms with Crippen LogP contribution in [0.2, 0.25) is 10.0 Å². The highest BCUT2D eigenvalue weighted by molar-refractivity contribution is 6.35. The molecule has 0 aromatic heterocycles. The minimum absolute atomic E-state index is 0. The first-order valence-electron chi connectivity index (χ1n) is 5.39. The third kappa shape index (κ3) is 7.67.